The first-order valence-corrected chi connectivity index (χ1v) is 6.81. The number of urea groups is 1. The van der Waals surface area contributed by atoms with E-state index in [1.807, 2.05) is 0 Å². The number of benzene rings is 2. The van der Waals surface area contributed by atoms with Gasteiger partial charge in [0.15, 0.2) is 0 Å². The molecule has 0 heterocycles. The Bertz CT molecular complexity index is 678. The number of methoxy groups -OCH3 is 1. The van der Waals surface area contributed by atoms with Gasteiger partial charge in [-0.3, -0.25) is 0 Å². The molecule has 0 aliphatic carbocycles. The molecule has 122 valence electrons. The molecule has 2 rings (SSSR count). The molecule has 0 bridgehead atoms. The van der Waals surface area contributed by atoms with Crippen molar-refractivity contribution in [3.63, 3.8) is 0 Å². The quantitative estimate of drug-likeness (QED) is 0.793. The highest BCUT2D eigenvalue weighted by molar-refractivity contribution is 5.89. The van der Waals surface area contributed by atoms with E-state index in [0.29, 0.717) is 17.4 Å². The summed E-state index contributed by atoms with van der Waals surface area (Å²) in [5.74, 6) is -0.978. The molecule has 2 amide bonds. The number of aliphatic hydroxyl groups is 1. The number of anilines is 1. The van der Waals surface area contributed by atoms with E-state index in [2.05, 4.69) is 10.6 Å². The van der Waals surface area contributed by atoms with E-state index in [9.17, 15) is 18.7 Å². The molecule has 0 saturated carbocycles. The summed E-state index contributed by atoms with van der Waals surface area (Å²) < 4.78 is 31.3. The van der Waals surface area contributed by atoms with Crippen LogP contribution in [0.4, 0.5) is 19.3 Å². The normalized spacial score (nSPS) is 11.7. The van der Waals surface area contributed by atoms with Gasteiger partial charge in [0.05, 0.1) is 25.4 Å². The van der Waals surface area contributed by atoms with Crippen molar-refractivity contribution in [1.29, 1.82) is 0 Å². The van der Waals surface area contributed by atoms with Gasteiger partial charge in [0.25, 0.3) is 0 Å². The summed E-state index contributed by atoms with van der Waals surface area (Å²) in [6.45, 7) is -0.342. The molecular formula is C16H16F2N2O3. The fourth-order valence-electron chi connectivity index (χ4n) is 1.98. The lowest BCUT2D eigenvalue weighted by Crippen LogP contribution is -2.34. The zero-order chi connectivity index (χ0) is 16.8. The number of ether oxygens (including phenoxy) is 1. The lowest BCUT2D eigenvalue weighted by molar-refractivity contribution is 0.225. The molecule has 1 unspecified atom stereocenters. The number of hydrogen-bond acceptors (Lipinski definition) is 3. The number of rotatable bonds is 5. The van der Waals surface area contributed by atoms with Crippen molar-refractivity contribution in [2.45, 2.75) is 6.04 Å². The molecule has 2 aromatic carbocycles. The van der Waals surface area contributed by atoms with Gasteiger partial charge < -0.3 is 20.5 Å². The predicted molar refractivity (Wildman–Crippen MR) is 81.3 cm³/mol. The van der Waals surface area contributed by atoms with E-state index in [0.717, 1.165) is 12.1 Å². The highest BCUT2D eigenvalue weighted by Crippen LogP contribution is 2.18. The minimum Gasteiger partial charge on any atom is -0.497 e. The van der Waals surface area contributed by atoms with Gasteiger partial charge in [0.1, 0.15) is 17.4 Å². The zero-order valence-electron chi connectivity index (χ0n) is 12.3. The van der Waals surface area contributed by atoms with Crippen LogP contribution in [0.5, 0.6) is 5.75 Å². The first-order valence-electron chi connectivity index (χ1n) is 6.81. The van der Waals surface area contributed by atoms with Gasteiger partial charge in [-0.2, -0.15) is 0 Å². The maximum absolute atomic E-state index is 13.5. The van der Waals surface area contributed by atoms with Crippen LogP contribution in [-0.2, 0) is 0 Å². The molecule has 1 atom stereocenters. The van der Waals surface area contributed by atoms with Crippen LogP contribution in [0.25, 0.3) is 0 Å². The Morgan fingerprint density at radius 3 is 2.48 bits per heavy atom. The van der Waals surface area contributed by atoms with Crippen molar-refractivity contribution in [2.24, 2.45) is 0 Å². The second-order valence-electron chi connectivity index (χ2n) is 4.73. The van der Waals surface area contributed by atoms with E-state index >= 15 is 0 Å². The summed E-state index contributed by atoms with van der Waals surface area (Å²) in [6, 6.07) is 8.19. The first kappa shape index (κ1) is 16.7. The Morgan fingerprint density at radius 1 is 1.22 bits per heavy atom. The maximum Gasteiger partial charge on any atom is 0.319 e. The molecule has 0 saturated heterocycles. The highest BCUT2D eigenvalue weighted by atomic mass is 19.1. The lowest BCUT2D eigenvalue weighted by atomic mass is 10.1. The highest BCUT2D eigenvalue weighted by Gasteiger charge is 2.15. The van der Waals surface area contributed by atoms with Gasteiger partial charge in [-0.25, -0.2) is 13.6 Å². The minimum absolute atomic E-state index is 0.157. The molecule has 23 heavy (non-hydrogen) atoms. The Balaban J connectivity index is 2.04. The van der Waals surface area contributed by atoms with Crippen molar-refractivity contribution in [2.75, 3.05) is 19.0 Å². The van der Waals surface area contributed by atoms with Crippen LogP contribution < -0.4 is 15.4 Å². The fraction of sp³-hybridized carbons (Fsp3) is 0.188. The second-order valence-corrected chi connectivity index (χ2v) is 4.73. The monoisotopic (exact) mass is 322 g/mol. The molecule has 3 N–H and O–H groups in total. The minimum atomic E-state index is -0.884. The first-order chi connectivity index (χ1) is 11.0. The van der Waals surface area contributed by atoms with Gasteiger partial charge in [-0.05, 0) is 29.8 Å². The zero-order valence-corrected chi connectivity index (χ0v) is 12.3. The summed E-state index contributed by atoms with van der Waals surface area (Å²) >= 11 is 0. The average Bonchev–Trinajstić information content (AvgIpc) is 2.55. The summed E-state index contributed by atoms with van der Waals surface area (Å²) in [5, 5.41) is 14.2. The molecule has 0 radical (unpaired) electrons. The number of amides is 2. The summed E-state index contributed by atoms with van der Waals surface area (Å²) in [4.78, 5) is 11.9. The third kappa shape index (κ3) is 4.40. The number of nitrogens with one attached hydrogen (secondary N) is 2. The van der Waals surface area contributed by atoms with Crippen molar-refractivity contribution in [3.8, 4) is 5.75 Å². The molecular weight excluding hydrogens is 306 g/mol. The van der Waals surface area contributed by atoms with Crippen molar-refractivity contribution < 1.29 is 23.4 Å². The second kappa shape index (κ2) is 7.55. The number of hydrogen-bond donors (Lipinski definition) is 3. The third-order valence-electron chi connectivity index (χ3n) is 3.19. The van der Waals surface area contributed by atoms with Gasteiger partial charge in [0.2, 0.25) is 0 Å². The maximum atomic E-state index is 13.5. The van der Waals surface area contributed by atoms with Crippen LogP contribution in [0.2, 0.25) is 0 Å². The van der Waals surface area contributed by atoms with Crippen LogP contribution in [0.1, 0.15) is 11.6 Å². The smallest absolute Gasteiger partial charge is 0.319 e. The Hall–Kier alpha value is -2.67. The summed E-state index contributed by atoms with van der Waals surface area (Å²) in [6.07, 6.45) is 0. The Labute approximate surface area is 131 Å². The van der Waals surface area contributed by atoms with Crippen LogP contribution >= 0.6 is 0 Å². The molecule has 2 aromatic rings. The largest absolute Gasteiger partial charge is 0.497 e. The van der Waals surface area contributed by atoms with Crippen molar-refractivity contribution in [1.82, 2.24) is 5.32 Å². The van der Waals surface area contributed by atoms with E-state index in [-0.39, 0.29) is 12.3 Å². The molecule has 0 aromatic heterocycles. The molecule has 0 aliphatic rings. The van der Waals surface area contributed by atoms with Gasteiger partial charge in [0, 0.05) is 6.07 Å². The number of carbonyl (C=O) groups is 1. The molecule has 0 spiro atoms. The topological polar surface area (TPSA) is 70.6 Å². The molecule has 7 heteroatoms. The molecule has 0 fully saturated rings. The summed E-state index contributed by atoms with van der Waals surface area (Å²) in [7, 11) is 1.53. The number of halogens is 2. The number of carbonyl (C=O) groups excluding carboxylic acids is 1. The van der Waals surface area contributed by atoms with Crippen LogP contribution in [0, 0.1) is 11.6 Å². The molecule has 0 aliphatic heterocycles. The Kier molecular flexibility index (Phi) is 5.48. The third-order valence-corrected chi connectivity index (χ3v) is 3.19. The van der Waals surface area contributed by atoms with Gasteiger partial charge >= 0.3 is 6.03 Å². The summed E-state index contributed by atoms with van der Waals surface area (Å²) in [5.41, 5.74) is 0.498. The van der Waals surface area contributed by atoms with Crippen LogP contribution in [0.3, 0.4) is 0 Å². The standard InChI is InChI=1S/C16H16F2N2O3/c1-23-12-5-2-10(3-6-12)15(9-21)20-16(22)19-14-7-4-11(17)8-13(14)18/h2-8,15,21H,9H2,1H3,(H2,19,20,22). The van der Waals surface area contributed by atoms with Crippen molar-refractivity contribution in [3.05, 3.63) is 59.7 Å². The molecule has 5 nitrogen and oxygen atoms in total. The van der Waals surface area contributed by atoms with E-state index in [4.69, 9.17) is 4.74 Å². The lowest BCUT2D eigenvalue weighted by Gasteiger charge is -2.17. The predicted octanol–water partition coefficient (Wildman–Crippen LogP) is 2.83. The SMILES string of the molecule is COc1ccc(C(CO)NC(=O)Nc2ccc(F)cc2F)cc1. The van der Waals surface area contributed by atoms with Crippen molar-refractivity contribution >= 4 is 11.7 Å². The van der Waals surface area contributed by atoms with E-state index < -0.39 is 23.7 Å². The Morgan fingerprint density at radius 2 is 1.91 bits per heavy atom. The number of aliphatic hydroxyl groups excluding tert-OH is 1. The fourth-order valence-corrected chi connectivity index (χ4v) is 1.98. The van der Waals surface area contributed by atoms with E-state index in [1.165, 1.54) is 7.11 Å². The van der Waals surface area contributed by atoms with E-state index in [1.54, 1.807) is 24.3 Å². The average molecular weight is 322 g/mol. The van der Waals surface area contributed by atoms with Crippen LogP contribution in [0.15, 0.2) is 42.5 Å². The van der Waals surface area contributed by atoms with Gasteiger partial charge in [-0.15, -0.1) is 0 Å². The van der Waals surface area contributed by atoms with Gasteiger partial charge in [-0.1, -0.05) is 12.1 Å². The van der Waals surface area contributed by atoms with Crippen LogP contribution in [-0.4, -0.2) is 24.9 Å².